The predicted molar refractivity (Wildman–Crippen MR) is 71.7 cm³/mol. The third-order valence-corrected chi connectivity index (χ3v) is 4.01. The van der Waals surface area contributed by atoms with Crippen molar-refractivity contribution in [1.82, 2.24) is 5.32 Å². The van der Waals surface area contributed by atoms with Crippen LogP contribution in [0.4, 0.5) is 4.39 Å². The molecule has 1 aromatic carbocycles. The van der Waals surface area contributed by atoms with E-state index in [2.05, 4.69) is 5.32 Å². The lowest BCUT2D eigenvalue weighted by molar-refractivity contribution is -0.143. The van der Waals surface area contributed by atoms with E-state index in [1.54, 1.807) is 26.0 Å². The van der Waals surface area contributed by atoms with Crippen molar-refractivity contribution >= 4 is 11.9 Å². The quantitative estimate of drug-likeness (QED) is 0.867. The van der Waals surface area contributed by atoms with Crippen molar-refractivity contribution in [3.05, 3.63) is 35.6 Å². The van der Waals surface area contributed by atoms with Gasteiger partial charge in [-0.3, -0.25) is 9.59 Å². The Bertz CT molecular complexity index is 550. The Kier molecular flexibility index (Phi) is 3.54. The van der Waals surface area contributed by atoms with Gasteiger partial charge in [-0.1, -0.05) is 12.1 Å². The zero-order valence-electron chi connectivity index (χ0n) is 11.6. The molecule has 4 nitrogen and oxygen atoms in total. The van der Waals surface area contributed by atoms with Crippen LogP contribution in [0, 0.1) is 11.2 Å². The number of carboxylic acids is 1. The molecule has 0 unspecified atom stereocenters. The van der Waals surface area contributed by atoms with Gasteiger partial charge in [0.1, 0.15) is 5.82 Å². The fourth-order valence-corrected chi connectivity index (χ4v) is 2.10. The molecule has 1 saturated carbocycles. The van der Waals surface area contributed by atoms with Gasteiger partial charge in [-0.25, -0.2) is 4.39 Å². The molecule has 2 rings (SSSR count). The standard InChI is InChI=1S/C15H18FNO3/c1-14(2,10-4-3-5-11(16)8-10)12(18)17-9-15(6-7-15)13(19)20/h3-5,8H,6-7,9H2,1-2H3,(H,17,18)(H,19,20). The van der Waals surface area contributed by atoms with Crippen LogP contribution >= 0.6 is 0 Å². The minimum absolute atomic E-state index is 0.125. The summed E-state index contributed by atoms with van der Waals surface area (Å²) in [5, 5.41) is 11.8. The average molecular weight is 279 g/mol. The Hall–Kier alpha value is -1.91. The van der Waals surface area contributed by atoms with Crippen LogP contribution in [-0.4, -0.2) is 23.5 Å². The van der Waals surface area contributed by atoms with Gasteiger partial charge in [0.25, 0.3) is 0 Å². The number of halogens is 1. The first-order chi connectivity index (χ1) is 9.28. The van der Waals surface area contributed by atoms with E-state index < -0.39 is 22.6 Å². The number of hydrogen-bond acceptors (Lipinski definition) is 2. The first-order valence-corrected chi connectivity index (χ1v) is 6.56. The minimum Gasteiger partial charge on any atom is -0.481 e. The summed E-state index contributed by atoms with van der Waals surface area (Å²) >= 11 is 0. The van der Waals surface area contributed by atoms with E-state index in [0.717, 1.165) is 0 Å². The molecule has 1 fully saturated rings. The monoisotopic (exact) mass is 279 g/mol. The van der Waals surface area contributed by atoms with E-state index in [1.807, 2.05) is 0 Å². The number of carbonyl (C=O) groups excluding carboxylic acids is 1. The van der Waals surface area contributed by atoms with Crippen molar-refractivity contribution in [2.24, 2.45) is 5.41 Å². The molecule has 2 N–H and O–H groups in total. The maximum absolute atomic E-state index is 13.2. The Morgan fingerprint density at radius 3 is 2.55 bits per heavy atom. The summed E-state index contributed by atoms with van der Waals surface area (Å²) in [4.78, 5) is 23.3. The zero-order valence-corrected chi connectivity index (χ0v) is 11.6. The molecular weight excluding hydrogens is 261 g/mol. The number of amides is 1. The number of benzene rings is 1. The summed E-state index contributed by atoms with van der Waals surface area (Å²) in [6.45, 7) is 3.51. The Morgan fingerprint density at radius 1 is 1.40 bits per heavy atom. The van der Waals surface area contributed by atoms with Gasteiger partial charge in [0.15, 0.2) is 0 Å². The van der Waals surface area contributed by atoms with Crippen LogP contribution in [0.15, 0.2) is 24.3 Å². The summed E-state index contributed by atoms with van der Waals surface area (Å²) in [5.41, 5.74) is -1.14. The zero-order chi connectivity index (χ0) is 15.0. The fourth-order valence-electron chi connectivity index (χ4n) is 2.10. The van der Waals surface area contributed by atoms with Crippen molar-refractivity contribution in [3.8, 4) is 0 Å². The first kappa shape index (κ1) is 14.5. The molecule has 108 valence electrons. The third-order valence-electron chi connectivity index (χ3n) is 4.01. The fraction of sp³-hybridized carbons (Fsp3) is 0.467. The van der Waals surface area contributed by atoms with Gasteiger partial charge in [0.05, 0.1) is 10.8 Å². The van der Waals surface area contributed by atoms with Crippen LogP contribution in [0.5, 0.6) is 0 Å². The SMILES string of the molecule is CC(C)(C(=O)NCC1(C(=O)O)CC1)c1cccc(F)c1. The molecule has 1 aliphatic rings. The van der Waals surface area contributed by atoms with E-state index in [0.29, 0.717) is 18.4 Å². The van der Waals surface area contributed by atoms with Gasteiger partial charge in [0.2, 0.25) is 5.91 Å². The maximum atomic E-state index is 13.2. The summed E-state index contributed by atoms with van der Waals surface area (Å²) in [6, 6.07) is 5.89. The van der Waals surface area contributed by atoms with Crippen molar-refractivity contribution < 1.29 is 19.1 Å². The molecule has 0 heterocycles. The van der Waals surface area contributed by atoms with Gasteiger partial charge in [-0.05, 0) is 44.4 Å². The Labute approximate surface area is 117 Å². The third kappa shape index (κ3) is 2.66. The largest absolute Gasteiger partial charge is 0.481 e. The van der Waals surface area contributed by atoms with Crippen molar-refractivity contribution in [1.29, 1.82) is 0 Å². The van der Waals surface area contributed by atoms with Crippen molar-refractivity contribution in [2.75, 3.05) is 6.54 Å². The van der Waals surface area contributed by atoms with E-state index >= 15 is 0 Å². The van der Waals surface area contributed by atoms with Gasteiger partial charge in [-0.2, -0.15) is 0 Å². The number of hydrogen-bond donors (Lipinski definition) is 2. The van der Waals surface area contributed by atoms with Crippen molar-refractivity contribution in [2.45, 2.75) is 32.1 Å². The highest BCUT2D eigenvalue weighted by atomic mass is 19.1. The van der Waals surface area contributed by atoms with Crippen LogP contribution in [-0.2, 0) is 15.0 Å². The number of carboxylic acid groups (broad SMARTS) is 1. The molecule has 0 aromatic heterocycles. The van der Waals surface area contributed by atoms with Gasteiger partial charge in [-0.15, -0.1) is 0 Å². The molecule has 0 spiro atoms. The second kappa shape index (κ2) is 4.89. The molecular formula is C15H18FNO3. The second-order valence-electron chi connectivity index (χ2n) is 5.90. The van der Waals surface area contributed by atoms with E-state index in [1.165, 1.54) is 12.1 Å². The highest BCUT2D eigenvalue weighted by Crippen LogP contribution is 2.45. The number of aliphatic carboxylic acids is 1. The Balaban J connectivity index is 2.06. The van der Waals surface area contributed by atoms with E-state index in [-0.39, 0.29) is 12.5 Å². The molecule has 20 heavy (non-hydrogen) atoms. The minimum atomic E-state index is -0.906. The lowest BCUT2D eigenvalue weighted by Gasteiger charge is -2.25. The lowest BCUT2D eigenvalue weighted by atomic mass is 9.83. The summed E-state index contributed by atoms with van der Waals surface area (Å²) in [5.74, 6) is -1.57. The second-order valence-corrected chi connectivity index (χ2v) is 5.90. The molecule has 0 bridgehead atoms. The van der Waals surface area contributed by atoms with Gasteiger partial charge >= 0.3 is 5.97 Å². The van der Waals surface area contributed by atoms with Crippen LogP contribution in [0.1, 0.15) is 32.3 Å². The van der Waals surface area contributed by atoms with Crippen LogP contribution in [0.2, 0.25) is 0 Å². The molecule has 1 amide bonds. The molecule has 0 atom stereocenters. The lowest BCUT2D eigenvalue weighted by Crippen LogP contribution is -2.43. The smallest absolute Gasteiger partial charge is 0.311 e. The van der Waals surface area contributed by atoms with Crippen molar-refractivity contribution in [3.63, 3.8) is 0 Å². The Morgan fingerprint density at radius 2 is 2.05 bits per heavy atom. The van der Waals surface area contributed by atoms with Crippen LogP contribution in [0.25, 0.3) is 0 Å². The van der Waals surface area contributed by atoms with E-state index in [9.17, 15) is 14.0 Å². The van der Waals surface area contributed by atoms with Gasteiger partial charge < -0.3 is 10.4 Å². The maximum Gasteiger partial charge on any atom is 0.311 e. The topological polar surface area (TPSA) is 66.4 Å². The molecule has 1 aliphatic carbocycles. The molecule has 5 heteroatoms. The highest BCUT2D eigenvalue weighted by molar-refractivity contribution is 5.88. The van der Waals surface area contributed by atoms with Gasteiger partial charge in [0, 0.05) is 6.54 Å². The number of rotatable bonds is 5. The molecule has 0 saturated heterocycles. The highest BCUT2D eigenvalue weighted by Gasteiger charge is 2.50. The predicted octanol–water partition coefficient (Wildman–Crippen LogP) is 2.08. The first-order valence-electron chi connectivity index (χ1n) is 6.56. The van der Waals surface area contributed by atoms with Crippen LogP contribution in [0.3, 0.4) is 0 Å². The summed E-state index contributed by atoms with van der Waals surface area (Å²) in [7, 11) is 0. The normalized spacial score (nSPS) is 16.6. The average Bonchev–Trinajstić information content (AvgIpc) is 3.17. The van der Waals surface area contributed by atoms with Crippen LogP contribution < -0.4 is 5.32 Å². The van der Waals surface area contributed by atoms with E-state index in [4.69, 9.17) is 5.11 Å². The molecule has 1 aromatic rings. The number of nitrogens with one attached hydrogen (secondary N) is 1. The summed E-state index contributed by atoms with van der Waals surface area (Å²) < 4.78 is 13.2. The summed E-state index contributed by atoms with van der Waals surface area (Å²) in [6.07, 6.45) is 1.17. The molecule has 0 aliphatic heterocycles. The molecule has 0 radical (unpaired) electrons. The number of carbonyl (C=O) groups is 2.